The predicted molar refractivity (Wildman–Crippen MR) is 102 cm³/mol. The summed E-state index contributed by atoms with van der Waals surface area (Å²) >= 11 is 0. The van der Waals surface area contributed by atoms with Gasteiger partial charge in [-0.05, 0) is 50.4 Å². The topological polar surface area (TPSA) is 81.8 Å². The molecule has 1 atom stereocenters. The minimum atomic E-state index is -0.498. The number of likely N-dealkylation sites (tertiary alicyclic amines) is 1. The normalized spacial score (nSPS) is 19.1. The number of hydrogen-bond donors (Lipinski definition) is 2. The van der Waals surface area contributed by atoms with E-state index in [-0.39, 0.29) is 23.8 Å². The van der Waals surface area contributed by atoms with Crippen LogP contribution >= 0.6 is 0 Å². The van der Waals surface area contributed by atoms with Crippen LogP contribution in [-0.4, -0.2) is 60.4 Å². The van der Waals surface area contributed by atoms with Gasteiger partial charge in [0.15, 0.2) is 0 Å². The third kappa shape index (κ3) is 4.47. The molecule has 7 heteroatoms. The molecule has 0 aromatic heterocycles. The van der Waals surface area contributed by atoms with Crippen LogP contribution < -0.4 is 10.6 Å². The van der Waals surface area contributed by atoms with Gasteiger partial charge in [-0.1, -0.05) is 24.3 Å². The van der Waals surface area contributed by atoms with Crippen molar-refractivity contribution in [2.24, 2.45) is 5.92 Å². The number of amides is 4. The Morgan fingerprint density at radius 3 is 2.41 bits per heavy atom. The lowest BCUT2D eigenvalue weighted by Gasteiger charge is -2.37. The highest BCUT2D eigenvalue weighted by Gasteiger charge is 2.33. The van der Waals surface area contributed by atoms with E-state index in [9.17, 15) is 14.4 Å². The summed E-state index contributed by atoms with van der Waals surface area (Å²) in [6.45, 7) is 4.63. The van der Waals surface area contributed by atoms with Crippen molar-refractivity contribution in [1.29, 1.82) is 0 Å². The molecule has 1 aromatic rings. The Morgan fingerprint density at radius 2 is 1.74 bits per heavy atom. The SMILES string of the molecule is CNC(=O)NC(=O)C(C)N1CCC(C(=O)N2CCc3ccccc3C2)CC1. The number of urea groups is 1. The molecule has 1 fully saturated rings. The van der Waals surface area contributed by atoms with Crippen LogP contribution in [-0.2, 0) is 22.6 Å². The first-order valence-electron chi connectivity index (χ1n) is 9.61. The van der Waals surface area contributed by atoms with Gasteiger partial charge in [0.05, 0.1) is 6.04 Å². The molecule has 1 saturated heterocycles. The van der Waals surface area contributed by atoms with Crippen molar-refractivity contribution in [2.45, 2.75) is 38.8 Å². The number of benzene rings is 1. The molecule has 0 bridgehead atoms. The van der Waals surface area contributed by atoms with Crippen molar-refractivity contribution in [3.05, 3.63) is 35.4 Å². The zero-order valence-electron chi connectivity index (χ0n) is 16.0. The molecule has 27 heavy (non-hydrogen) atoms. The van der Waals surface area contributed by atoms with Gasteiger partial charge in [-0.3, -0.25) is 19.8 Å². The van der Waals surface area contributed by atoms with E-state index in [0.29, 0.717) is 19.6 Å². The Kier molecular flexibility index (Phi) is 6.11. The van der Waals surface area contributed by atoms with Crippen LogP contribution in [0, 0.1) is 5.92 Å². The van der Waals surface area contributed by atoms with Crippen LogP contribution in [0.2, 0.25) is 0 Å². The fourth-order valence-corrected chi connectivity index (χ4v) is 3.92. The molecule has 1 unspecified atom stereocenters. The lowest BCUT2D eigenvalue weighted by molar-refractivity contribution is -0.138. The maximum atomic E-state index is 12.9. The quantitative estimate of drug-likeness (QED) is 0.833. The van der Waals surface area contributed by atoms with Crippen molar-refractivity contribution < 1.29 is 14.4 Å². The number of carbonyl (C=O) groups excluding carboxylic acids is 3. The van der Waals surface area contributed by atoms with E-state index >= 15 is 0 Å². The van der Waals surface area contributed by atoms with Gasteiger partial charge in [-0.25, -0.2) is 4.79 Å². The summed E-state index contributed by atoms with van der Waals surface area (Å²) < 4.78 is 0. The zero-order chi connectivity index (χ0) is 19.4. The first-order chi connectivity index (χ1) is 13.0. The summed E-state index contributed by atoms with van der Waals surface area (Å²) in [7, 11) is 1.48. The van der Waals surface area contributed by atoms with E-state index in [1.807, 2.05) is 21.9 Å². The Balaban J connectivity index is 1.51. The third-order valence-electron chi connectivity index (χ3n) is 5.71. The largest absolute Gasteiger partial charge is 0.341 e. The van der Waals surface area contributed by atoms with Crippen LogP contribution in [0.5, 0.6) is 0 Å². The molecule has 2 N–H and O–H groups in total. The second kappa shape index (κ2) is 8.52. The maximum absolute atomic E-state index is 12.9. The summed E-state index contributed by atoms with van der Waals surface area (Å²) in [5.74, 6) is -0.0703. The van der Waals surface area contributed by atoms with E-state index in [2.05, 4.69) is 22.8 Å². The summed E-state index contributed by atoms with van der Waals surface area (Å²) in [5, 5.41) is 4.70. The van der Waals surface area contributed by atoms with Crippen molar-refractivity contribution >= 4 is 17.8 Å². The second-order valence-corrected chi connectivity index (χ2v) is 7.33. The Hall–Kier alpha value is -2.41. The fourth-order valence-electron chi connectivity index (χ4n) is 3.92. The van der Waals surface area contributed by atoms with Gasteiger partial charge in [0, 0.05) is 26.1 Å². The van der Waals surface area contributed by atoms with E-state index in [1.54, 1.807) is 6.92 Å². The van der Waals surface area contributed by atoms with Crippen molar-refractivity contribution in [3.8, 4) is 0 Å². The van der Waals surface area contributed by atoms with Gasteiger partial charge in [-0.15, -0.1) is 0 Å². The molecule has 2 aliphatic heterocycles. The van der Waals surface area contributed by atoms with Gasteiger partial charge in [0.2, 0.25) is 11.8 Å². The van der Waals surface area contributed by atoms with Gasteiger partial charge in [0.1, 0.15) is 0 Å². The summed E-state index contributed by atoms with van der Waals surface area (Å²) in [6, 6.07) is 7.43. The van der Waals surface area contributed by atoms with Crippen molar-refractivity contribution in [1.82, 2.24) is 20.4 Å². The number of piperidine rings is 1. The number of hydrogen-bond acceptors (Lipinski definition) is 4. The highest BCUT2D eigenvalue weighted by Crippen LogP contribution is 2.25. The Labute approximate surface area is 160 Å². The third-order valence-corrected chi connectivity index (χ3v) is 5.71. The van der Waals surface area contributed by atoms with Gasteiger partial charge < -0.3 is 10.2 Å². The number of imide groups is 1. The number of carbonyl (C=O) groups is 3. The van der Waals surface area contributed by atoms with Crippen LogP contribution in [0.3, 0.4) is 0 Å². The molecular formula is C20H28N4O3. The van der Waals surface area contributed by atoms with Gasteiger partial charge in [-0.2, -0.15) is 0 Å². The van der Waals surface area contributed by atoms with E-state index in [0.717, 1.165) is 25.8 Å². The summed E-state index contributed by atoms with van der Waals surface area (Å²) in [6.07, 6.45) is 2.40. The highest BCUT2D eigenvalue weighted by atomic mass is 16.2. The van der Waals surface area contributed by atoms with Crippen molar-refractivity contribution in [2.75, 3.05) is 26.7 Å². The summed E-state index contributed by atoms with van der Waals surface area (Å²) in [5.41, 5.74) is 2.58. The smallest absolute Gasteiger partial charge is 0.321 e. The Morgan fingerprint density at radius 1 is 1.07 bits per heavy atom. The molecular weight excluding hydrogens is 344 g/mol. The monoisotopic (exact) mass is 372 g/mol. The van der Waals surface area contributed by atoms with Gasteiger partial charge >= 0.3 is 6.03 Å². The first kappa shape index (κ1) is 19.4. The number of fused-ring (bicyclic) bond motifs is 1. The zero-order valence-corrected chi connectivity index (χ0v) is 16.0. The molecule has 7 nitrogen and oxygen atoms in total. The van der Waals surface area contributed by atoms with E-state index in [1.165, 1.54) is 18.2 Å². The van der Waals surface area contributed by atoms with Crippen molar-refractivity contribution in [3.63, 3.8) is 0 Å². The average molecular weight is 372 g/mol. The molecule has 3 rings (SSSR count). The molecule has 2 aliphatic rings. The van der Waals surface area contributed by atoms with E-state index < -0.39 is 6.03 Å². The molecule has 146 valence electrons. The Bertz CT molecular complexity index is 713. The minimum Gasteiger partial charge on any atom is -0.341 e. The van der Waals surface area contributed by atoms with Crippen LogP contribution in [0.4, 0.5) is 4.79 Å². The average Bonchev–Trinajstić information content (AvgIpc) is 2.72. The standard InChI is InChI=1S/C20H28N4O3/c1-14(18(25)22-20(27)21-2)23-10-8-16(9-11-23)19(26)24-12-7-15-5-3-4-6-17(15)13-24/h3-6,14,16H,7-13H2,1-2H3,(H2,21,22,25,27). The number of nitrogens with one attached hydrogen (secondary N) is 2. The summed E-state index contributed by atoms with van der Waals surface area (Å²) in [4.78, 5) is 40.3. The second-order valence-electron chi connectivity index (χ2n) is 7.33. The van der Waals surface area contributed by atoms with Crippen LogP contribution in [0.25, 0.3) is 0 Å². The molecule has 4 amide bonds. The molecule has 0 saturated carbocycles. The molecule has 0 spiro atoms. The lowest BCUT2D eigenvalue weighted by Crippen LogP contribution is -2.52. The molecule has 2 heterocycles. The first-order valence-corrected chi connectivity index (χ1v) is 9.61. The fraction of sp³-hybridized carbons (Fsp3) is 0.550. The molecule has 1 aromatic carbocycles. The van der Waals surface area contributed by atoms with Crippen LogP contribution in [0.15, 0.2) is 24.3 Å². The highest BCUT2D eigenvalue weighted by molar-refractivity contribution is 5.96. The van der Waals surface area contributed by atoms with E-state index in [4.69, 9.17) is 0 Å². The number of rotatable bonds is 3. The maximum Gasteiger partial charge on any atom is 0.321 e. The van der Waals surface area contributed by atoms with Crippen LogP contribution in [0.1, 0.15) is 30.9 Å². The lowest BCUT2D eigenvalue weighted by atomic mass is 9.92. The van der Waals surface area contributed by atoms with Gasteiger partial charge in [0.25, 0.3) is 0 Å². The molecule has 0 radical (unpaired) electrons. The molecule has 0 aliphatic carbocycles. The number of nitrogens with zero attached hydrogens (tertiary/aromatic N) is 2. The minimum absolute atomic E-state index is 0.0145. The predicted octanol–water partition coefficient (Wildman–Crippen LogP) is 1.13.